The summed E-state index contributed by atoms with van der Waals surface area (Å²) in [6.45, 7) is 2.47. The highest BCUT2D eigenvalue weighted by Crippen LogP contribution is 2.38. The summed E-state index contributed by atoms with van der Waals surface area (Å²) in [5.74, 6) is -0.677. The number of nitrogens with one attached hydrogen (secondary N) is 1. The van der Waals surface area contributed by atoms with Crippen molar-refractivity contribution in [2.45, 2.75) is 13.5 Å². The first kappa shape index (κ1) is 25.8. The summed E-state index contributed by atoms with van der Waals surface area (Å²) < 4.78 is 12.3. The quantitative estimate of drug-likeness (QED) is 0.255. The minimum absolute atomic E-state index is 0.214. The fraction of sp³-hybridized carbons (Fsp3) is 0.115. The van der Waals surface area contributed by atoms with Crippen LogP contribution in [0.2, 0.25) is 10.0 Å². The van der Waals surface area contributed by atoms with Crippen molar-refractivity contribution in [2.75, 3.05) is 11.5 Å². The molecular formula is C26H19BrCl2N2O5. The second kappa shape index (κ2) is 11.2. The number of anilines is 1. The van der Waals surface area contributed by atoms with Crippen LogP contribution in [0.3, 0.4) is 0 Å². The summed E-state index contributed by atoms with van der Waals surface area (Å²) in [5.41, 5.74) is 1.47. The Hall–Kier alpha value is -3.33. The second-order valence-corrected chi connectivity index (χ2v) is 9.34. The van der Waals surface area contributed by atoms with Crippen LogP contribution in [0.5, 0.6) is 11.5 Å². The van der Waals surface area contributed by atoms with E-state index in [2.05, 4.69) is 21.2 Å². The number of halogens is 3. The molecule has 1 aliphatic rings. The van der Waals surface area contributed by atoms with Gasteiger partial charge in [-0.2, -0.15) is 0 Å². The monoisotopic (exact) mass is 588 g/mol. The number of barbiturate groups is 1. The lowest BCUT2D eigenvalue weighted by atomic mass is 10.1. The summed E-state index contributed by atoms with van der Waals surface area (Å²) in [7, 11) is 0. The van der Waals surface area contributed by atoms with Crippen LogP contribution >= 0.6 is 39.1 Å². The van der Waals surface area contributed by atoms with Gasteiger partial charge in [-0.15, -0.1) is 0 Å². The summed E-state index contributed by atoms with van der Waals surface area (Å²) >= 11 is 15.4. The molecular weight excluding hydrogens is 571 g/mol. The SMILES string of the molecule is CCOc1cc(/C=C2\C(=O)NC(=O)N(c3ccc(Cl)cc3)C2=O)cc(Br)c1OCc1ccc(Cl)cc1. The minimum atomic E-state index is -0.841. The number of carbonyl (C=O) groups excluding carboxylic acids is 3. The maximum absolute atomic E-state index is 13.1. The summed E-state index contributed by atoms with van der Waals surface area (Å²) in [4.78, 5) is 39.0. The van der Waals surface area contributed by atoms with Crippen molar-refractivity contribution in [1.29, 1.82) is 0 Å². The number of rotatable bonds is 7. The van der Waals surface area contributed by atoms with Gasteiger partial charge in [-0.05, 0) is 88.6 Å². The molecule has 3 aromatic rings. The molecule has 1 heterocycles. The lowest BCUT2D eigenvalue weighted by Crippen LogP contribution is -2.54. The smallest absolute Gasteiger partial charge is 0.335 e. The zero-order chi connectivity index (χ0) is 25.8. The molecule has 7 nitrogen and oxygen atoms in total. The Morgan fingerprint density at radius 2 is 1.58 bits per heavy atom. The topological polar surface area (TPSA) is 84.9 Å². The van der Waals surface area contributed by atoms with E-state index in [1.807, 2.05) is 19.1 Å². The highest BCUT2D eigenvalue weighted by Gasteiger charge is 2.36. The highest BCUT2D eigenvalue weighted by atomic mass is 79.9. The van der Waals surface area contributed by atoms with Gasteiger partial charge in [0.15, 0.2) is 11.5 Å². The molecule has 1 fully saturated rings. The highest BCUT2D eigenvalue weighted by molar-refractivity contribution is 9.10. The van der Waals surface area contributed by atoms with E-state index in [4.69, 9.17) is 32.7 Å². The number of nitrogens with zero attached hydrogens (tertiary/aromatic N) is 1. The van der Waals surface area contributed by atoms with Crippen LogP contribution in [-0.4, -0.2) is 24.5 Å². The number of amides is 4. The number of hydrogen-bond acceptors (Lipinski definition) is 5. The van der Waals surface area contributed by atoms with Crippen LogP contribution in [0.25, 0.3) is 6.08 Å². The molecule has 36 heavy (non-hydrogen) atoms. The molecule has 0 unspecified atom stereocenters. The Kier molecular flexibility index (Phi) is 7.98. The van der Waals surface area contributed by atoms with Gasteiger partial charge in [0.25, 0.3) is 11.8 Å². The van der Waals surface area contributed by atoms with E-state index in [0.717, 1.165) is 10.5 Å². The van der Waals surface area contributed by atoms with E-state index in [-0.39, 0.29) is 17.9 Å². The van der Waals surface area contributed by atoms with Crippen molar-refractivity contribution in [3.63, 3.8) is 0 Å². The predicted molar refractivity (Wildman–Crippen MR) is 142 cm³/mol. The van der Waals surface area contributed by atoms with Crippen LogP contribution in [0.15, 0.2) is 70.7 Å². The van der Waals surface area contributed by atoms with E-state index < -0.39 is 17.8 Å². The fourth-order valence-electron chi connectivity index (χ4n) is 3.46. The van der Waals surface area contributed by atoms with E-state index >= 15 is 0 Å². The van der Waals surface area contributed by atoms with Crippen molar-refractivity contribution in [3.05, 3.63) is 91.9 Å². The van der Waals surface area contributed by atoms with Crippen molar-refractivity contribution in [2.24, 2.45) is 0 Å². The van der Waals surface area contributed by atoms with Gasteiger partial charge in [0.1, 0.15) is 12.2 Å². The molecule has 4 rings (SSSR count). The molecule has 10 heteroatoms. The maximum Gasteiger partial charge on any atom is 0.335 e. The second-order valence-electron chi connectivity index (χ2n) is 7.61. The van der Waals surface area contributed by atoms with E-state index in [9.17, 15) is 14.4 Å². The Labute approximate surface area is 225 Å². The number of benzene rings is 3. The maximum atomic E-state index is 13.1. The van der Waals surface area contributed by atoms with Gasteiger partial charge >= 0.3 is 6.03 Å². The lowest BCUT2D eigenvalue weighted by Gasteiger charge is -2.26. The van der Waals surface area contributed by atoms with Gasteiger partial charge in [0.2, 0.25) is 0 Å². The molecule has 0 aliphatic carbocycles. The van der Waals surface area contributed by atoms with Crippen molar-refractivity contribution < 1.29 is 23.9 Å². The zero-order valence-corrected chi connectivity index (χ0v) is 22.0. The van der Waals surface area contributed by atoms with Crippen molar-refractivity contribution >= 4 is 68.7 Å². The standard InChI is InChI=1S/C26H19BrCl2N2O5/c1-2-35-22-13-16(12-21(27)23(22)36-14-15-3-5-17(28)6-4-15)11-20-24(32)30-26(34)31(25(20)33)19-9-7-18(29)8-10-19/h3-13H,2,14H2,1H3,(H,30,32,34)/b20-11+. The van der Waals surface area contributed by atoms with E-state index in [1.165, 1.54) is 18.2 Å². The predicted octanol–water partition coefficient (Wildman–Crippen LogP) is 6.40. The first-order valence-corrected chi connectivity index (χ1v) is 12.3. The fourth-order valence-corrected chi connectivity index (χ4v) is 4.29. The zero-order valence-electron chi connectivity index (χ0n) is 18.9. The van der Waals surface area contributed by atoms with Crippen molar-refractivity contribution in [3.8, 4) is 11.5 Å². The number of urea groups is 1. The molecule has 0 atom stereocenters. The van der Waals surface area contributed by atoms with Gasteiger partial charge < -0.3 is 9.47 Å². The molecule has 0 saturated carbocycles. The Balaban J connectivity index is 1.65. The van der Waals surface area contributed by atoms with Gasteiger partial charge in [-0.3, -0.25) is 14.9 Å². The molecule has 0 radical (unpaired) electrons. The summed E-state index contributed by atoms with van der Waals surface area (Å²) in [5, 5.41) is 3.28. The van der Waals surface area contributed by atoms with Crippen LogP contribution in [-0.2, 0) is 16.2 Å². The minimum Gasteiger partial charge on any atom is -0.490 e. The largest absolute Gasteiger partial charge is 0.490 e. The molecule has 0 bridgehead atoms. The molecule has 3 aromatic carbocycles. The Bertz CT molecular complexity index is 1360. The molecule has 0 aromatic heterocycles. The van der Waals surface area contributed by atoms with Crippen LogP contribution < -0.4 is 19.7 Å². The Morgan fingerprint density at radius 3 is 2.22 bits per heavy atom. The van der Waals surface area contributed by atoms with Gasteiger partial charge in [0, 0.05) is 10.0 Å². The van der Waals surface area contributed by atoms with Crippen LogP contribution in [0, 0.1) is 0 Å². The van der Waals surface area contributed by atoms with E-state index in [1.54, 1.807) is 36.4 Å². The third kappa shape index (κ3) is 5.73. The van der Waals surface area contributed by atoms with Gasteiger partial charge in [-0.25, -0.2) is 9.69 Å². The third-order valence-electron chi connectivity index (χ3n) is 5.13. The lowest BCUT2D eigenvalue weighted by molar-refractivity contribution is -0.122. The molecule has 1 N–H and O–H groups in total. The van der Waals surface area contributed by atoms with Gasteiger partial charge in [-0.1, -0.05) is 35.3 Å². The Morgan fingerprint density at radius 1 is 0.944 bits per heavy atom. The molecule has 1 aliphatic heterocycles. The van der Waals surface area contributed by atoms with Crippen molar-refractivity contribution in [1.82, 2.24) is 5.32 Å². The molecule has 184 valence electrons. The number of carbonyl (C=O) groups is 3. The molecule has 4 amide bonds. The normalized spacial score (nSPS) is 14.7. The third-order valence-corrected chi connectivity index (χ3v) is 6.22. The van der Waals surface area contributed by atoms with Crippen LogP contribution in [0.1, 0.15) is 18.1 Å². The number of ether oxygens (including phenoxy) is 2. The number of hydrogen-bond donors (Lipinski definition) is 1. The summed E-state index contributed by atoms with van der Waals surface area (Å²) in [6.07, 6.45) is 1.39. The first-order chi connectivity index (χ1) is 17.3. The first-order valence-electron chi connectivity index (χ1n) is 10.8. The van der Waals surface area contributed by atoms with Gasteiger partial charge in [0.05, 0.1) is 16.8 Å². The molecule has 1 saturated heterocycles. The average molecular weight is 590 g/mol. The molecule has 0 spiro atoms. The average Bonchev–Trinajstić information content (AvgIpc) is 2.83. The summed E-state index contributed by atoms with van der Waals surface area (Å²) in [6, 6.07) is 15.9. The number of imide groups is 2. The van der Waals surface area contributed by atoms with Crippen LogP contribution in [0.4, 0.5) is 10.5 Å². The van der Waals surface area contributed by atoms with E-state index in [0.29, 0.717) is 38.2 Å².